The summed E-state index contributed by atoms with van der Waals surface area (Å²) in [5.41, 5.74) is 1.69. The van der Waals surface area contributed by atoms with E-state index >= 15 is 0 Å². The lowest BCUT2D eigenvalue weighted by molar-refractivity contribution is -0.00149. The Morgan fingerprint density at radius 1 is 1.21 bits per heavy atom. The summed E-state index contributed by atoms with van der Waals surface area (Å²) in [4.78, 5) is 0. The van der Waals surface area contributed by atoms with Crippen molar-refractivity contribution in [2.24, 2.45) is 5.41 Å². The van der Waals surface area contributed by atoms with Crippen LogP contribution in [-0.4, -0.2) is 33.5 Å². The third kappa shape index (κ3) is 4.60. The molecule has 1 aliphatic rings. The molecule has 0 bridgehead atoms. The maximum Gasteiger partial charge on any atom is 0.0471 e. The number of benzene rings is 1. The average molecular weight is 263 g/mol. The topological polar surface area (TPSA) is 30.5 Å². The molecule has 1 aromatic rings. The number of methoxy groups -OCH3 is 1. The Bertz CT molecular complexity index is 347. The molecule has 1 saturated heterocycles. The van der Waals surface area contributed by atoms with E-state index in [0.29, 0.717) is 5.41 Å². The number of rotatable bonds is 7. The molecule has 1 aliphatic heterocycles. The van der Waals surface area contributed by atoms with Gasteiger partial charge in [-0.25, -0.2) is 0 Å². The van der Waals surface area contributed by atoms with Gasteiger partial charge in [-0.15, -0.1) is 0 Å². The molecule has 1 N–H and O–H groups in total. The van der Waals surface area contributed by atoms with E-state index in [0.717, 1.165) is 52.2 Å². The highest BCUT2D eigenvalue weighted by molar-refractivity contribution is 5.14. The summed E-state index contributed by atoms with van der Waals surface area (Å²) in [7, 11) is 1.78. The first kappa shape index (κ1) is 14.5. The molecule has 0 atom stereocenters. The first-order valence-electron chi connectivity index (χ1n) is 7.16. The van der Waals surface area contributed by atoms with Crippen LogP contribution < -0.4 is 5.32 Å². The van der Waals surface area contributed by atoms with Crippen LogP contribution in [0.15, 0.2) is 30.3 Å². The zero-order valence-corrected chi connectivity index (χ0v) is 11.9. The number of hydrogen-bond donors (Lipinski definition) is 1. The van der Waals surface area contributed by atoms with Gasteiger partial charge in [-0.05, 0) is 30.2 Å². The molecule has 106 valence electrons. The van der Waals surface area contributed by atoms with Crippen molar-refractivity contribution in [2.45, 2.75) is 25.8 Å². The second-order valence-electron chi connectivity index (χ2n) is 5.44. The molecule has 0 radical (unpaired) electrons. The third-order valence-corrected chi connectivity index (χ3v) is 4.06. The van der Waals surface area contributed by atoms with Crippen molar-refractivity contribution in [2.75, 3.05) is 33.5 Å². The van der Waals surface area contributed by atoms with Crippen LogP contribution in [0.25, 0.3) is 0 Å². The second kappa shape index (κ2) is 7.63. The lowest BCUT2D eigenvalue weighted by Crippen LogP contribution is -2.39. The normalized spacial score (nSPS) is 18.4. The number of hydrogen-bond acceptors (Lipinski definition) is 3. The van der Waals surface area contributed by atoms with E-state index in [4.69, 9.17) is 9.47 Å². The van der Waals surface area contributed by atoms with E-state index in [1.807, 2.05) is 0 Å². The minimum absolute atomic E-state index is 0.350. The van der Waals surface area contributed by atoms with Crippen LogP contribution >= 0.6 is 0 Å². The fourth-order valence-electron chi connectivity index (χ4n) is 2.71. The third-order valence-electron chi connectivity index (χ3n) is 4.06. The van der Waals surface area contributed by atoms with Gasteiger partial charge in [-0.1, -0.05) is 30.3 Å². The molecule has 0 aromatic heterocycles. The van der Waals surface area contributed by atoms with Crippen LogP contribution in [-0.2, 0) is 16.0 Å². The van der Waals surface area contributed by atoms with Crippen LogP contribution in [0.1, 0.15) is 24.8 Å². The van der Waals surface area contributed by atoms with Crippen molar-refractivity contribution in [1.82, 2.24) is 5.32 Å². The molecular weight excluding hydrogens is 238 g/mol. The van der Waals surface area contributed by atoms with E-state index < -0.39 is 0 Å². The van der Waals surface area contributed by atoms with Crippen molar-refractivity contribution < 1.29 is 9.47 Å². The Labute approximate surface area is 116 Å². The van der Waals surface area contributed by atoms with E-state index in [1.54, 1.807) is 7.11 Å². The van der Waals surface area contributed by atoms with Crippen LogP contribution in [0, 0.1) is 5.41 Å². The monoisotopic (exact) mass is 263 g/mol. The van der Waals surface area contributed by atoms with E-state index in [1.165, 1.54) is 5.56 Å². The SMILES string of the molecule is COCCC1(CNCc2ccccc2)CCOCC1. The van der Waals surface area contributed by atoms with Gasteiger partial charge in [0.05, 0.1) is 0 Å². The fraction of sp³-hybridized carbons (Fsp3) is 0.625. The zero-order valence-electron chi connectivity index (χ0n) is 11.9. The Balaban J connectivity index is 1.82. The molecule has 1 heterocycles. The Morgan fingerprint density at radius 3 is 2.63 bits per heavy atom. The molecule has 3 heteroatoms. The summed E-state index contributed by atoms with van der Waals surface area (Å²) in [5, 5.41) is 3.61. The van der Waals surface area contributed by atoms with Crippen molar-refractivity contribution in [3.05, 3.63) is 35.9 Å². The Hall–Kier alpha value is -0.900. The molecule has 0 spiro atoms. The summed E-state index contributed by atoms with van der Waals surface area (Å²) >= 11 is 0. The number of ether oxygens (including phenoxy) is 2. The average Bonchev–Trinajstić information content (AvgIpc) is 2.47. The first-order valence-corrected chi connectivity index (χ1v) is 7.16. The quantitative estimate of drug-likeness (QED) is 0.820. The summed E-state index contributed by atoms with van der Waals surface area (Å²) in [6.45, 7) is 4.60. The molecule has 3 nitrogen and oxygen atoms in total. The van der Waals surface area contributed by atoms with Gasteiger partial charge < -0.3 is 14.8 Å². The molecule has 19 heavy (non-hydrogen) atoms. The van der Waals surface area contributed by atoms with Crippen molar-refractivity contribution in [3.8, 4) is 0 Å². The summed E-state index contributed by atoms with van der Waals surface area (Å²) < 4.78 is 10.8. The largest absolute Gasteiger partial charge is 0.385 e. The first-order chi connectivity index (χ1) is 9.35. The summed E-state index contributed by atoms with van der Waals surface area (Å²) in [6.07, 6.45) is 3.39. The molecule has 2 rings (SSSR count). The highest BCUT2D eigenvalue weighted by Gasteiger charge is 2.31. The maximum atomic E-state index is 5.50. The molecule has 0 amide bonds. The molecule has 1 fully saturated rings. The van der Waals surface area contributed by atoms with E-state index in [-0.39, 0.29) is 0 Å². The van der Waals surface area contributed by atoms with Crippen LogP contribution in [0.3, 0.4) is 0 Å². The van der Waals surface area contributed by atoms with Gasteiger partial charge in [0.15, 0.2) is 0 Å². The molecule has 1 aromatic carbocycles. The second-order valence-corrected chi connectivity index (χ2v) is 5.44. The lowest BCUT2D eigenvalue weighted by atomic mass is 9.77. The van der Waals surface area contributed by atoms with Gasteiger partial charge in [0, 0.05) is 40.0 Å². The standard InChI is InChI=1S/C16H25NO2/c1-18-10-7-16(8-11-19-12-9-16)14-17-13-15-5-3-2-4-6-15/h2-6,17H,7-14H2,1H3. The fourth-order valence-corrected chi connectivity index (χ4v) is 2.71. The number of nitrogens with one attached hydrogen (secondary N) is 1. The van der Waals surface area contributed by atoms with E-state index in [9.17, 15) is 0 Å². The minimum atomic E-state index is 0.350. The molecule has 0 aliphatic carbocycles. The molecule has 0 unspecified atom stereocenters. The zero-order chi connectivity index (χ0) is 13.4. The predicted octanol–water partition coefficient (Wildman–Crippen LogP) is 2.61. The van der Waals surface area contributed by atoms with Crippen LogP contribution in [0.4, 0.5) is 0 Å². The van der Waals surface area contributed by atoms with Crippen molar-refractivity contribution >= 4 is 0 Å². The molecular formula is C16H25NO2. The molecule has 0 saturated carbocycles. The van der Waals surface area contributed by atoms with Gasteiger partial charge in [0.2, 0.25) is 0 Å². The van der Waals surface area contributed by atoms with E-state index in [2.05, 4.69) is 35.6 Å². The van der Waals surface area contributed by atoms with Gasteiger partial charge in [0.25, 0.3) is 0 Å². The van der Waals surface area contributed by atoms with Crippen LogP contribution in [0.2, 0.25) is 0 Å². The van der Waals surface area contributed by atoms with Gasteiger partial charge in [-0.2, -0.15) is 0 Å². The van der Waals surface area contributed by atoms with Gasteiger partial charge in [0.1, 0.15) is 0 Å². The summed E-state index contributed by atoms with van der Waals surface area (Å²) in [6, 6.07) is 10.6. The van der Waals surface area contributed by atoms with Gasteiger partial charge in [-0.3, -0.25) is 0 Å². The van der Waals surface area contributed by atoms with Gasteiger partial charge >= 0.3 is 0 Å². The Morgan fingerprint density at radius 2 is 1.95 bits per heavy atom. The Kier molecular flexibility index (Phi) is 5.83. The van der Waals surface area contributed by atoms with Crippen LogP contribution in [0.5, 0.6) is 0 Å². The van der Waals surface area contributed by atoms with Crippen molar-refractivity contribution in [3.63, 3.8) is 0 Å². The summed E-state index contributed by atoms with van der Waals surface area (Å²) in [5.74, 6) is 0. The highest BCUT2D eigenvalue weighted by Crippen LogP contribution is 2.33. The smallest absolute Gasteiger partial charge is 0.0471 e. The lowest BCUT2D eigenvalue weighted by Gasteiger charge is -2.37. The van der Waals surface area contributed by atoms with Crippen molar-refractivity contribution in [1.29, 1.82) is 0 Å². The maximum absolute atomic E-state index is 5.50. The predicted molar refractivity (Wildman–Crippen MR) is 77.1 cm³/mol. The minimum Gasteiger partial charge on any atom is -0.385 e. The highest BCUT2D eigenvalue weighted by atomic mass is 16.5.